The lowest BCUT2D eigenvalue weighted by Crippen LogP contribution is -2.36. The van der Waals surface area contributed by atoms with Crippen LogP contribution in [0.4, 0.5) is 0 Å². The van der Waals surface area contributed by atoms with Crippen molar-refractivity contribution in [2.24, 2.45) is 11.8 Å². The van der Waals surface area contributed by atoms with Crippen molar-refractivity contribution in [2.75, 3.05) is 20.1 Å². The van der Waals surface area contributed by atoms with Crippen LogP contribution in [0.15, 0.2) is 25.3 Å². The normalized spacial score (nSPS) is 12.7. The lowest BCUT2D eigenvalue weighted by Gasteiger charge is -2.20. The van der Waals surface area contributed by atoms with Gasteiger partial charge in [0.05, 0.1) is 6.42 Å². The molecule has 2 atom stereocenters. The number of hydrogen-bond acceptors (Lipinski definition) is 3. The number of aliphatic carboxylic acids is 1. The van der Waals surface area contributed by atoms with Gasteiger partial charge in [0.2, 0.25) is 11.8 Å². The lowest BCUT2D eigenvalue weighted by atomic mass is 9.97. The second-order valence-corrected chi connectivity index (χ2v) is 6.82. The van der Waals surface area contributed by atoms with E-state index in [9.17, 15) is 14.4 Å². The molecule has 0 spiro atoms. The van der Waals surface area contributed by atoms with Gasteiger partial charge in [-0.05, 0) is 38.0 Å². The van der Waals surface area contributed by atoms with Crippen LogP contribution in [-0.4, -0.2) is 47.9 Å². The summed E-state index contributed by atoms with van der Waals surface area (Å²) in [4.78, 5) is 37.1. The van der Waals surface area contributed by atoms with E-state index in [4.69, 9.17) is 5.11 Å². The summed E-state index contributed by atoms with van der Waals surface area (Å²) in [5, 5.41) is 11.8. The minimum Gasteiger partial charge on any atom is -0.481 e. The first kappa shape index (κ1) is 23.9. The number of carbonyl (C=O) groups excluding carboxylic acids is 2. The van der Waals surface area contributed by atoms with Crippen LogP contribution in [-0.2, 0) is 14.4 Å². The average Bonchev–Trinajstić information content (AvgIpc) is 2.58. The molecule has 0 fully saturated rings. The molecule has 0 aliphatic carbocycles. The van der Waals surface area contributed by atoms with Crippen molar-refractivity contribution in [1.29, 1.82) is 0 Å². The molecule has 0 aliphatic rings. The van der Waals surface area contributed by atoms with E-state index in [1.807, 2.05) is 13.0 Å². The van der Waals surface area contributed by atoms with Gasteiger partial charge >= 0.3 is 5.97 Å². The molecular weight excluding hydrogens is 332 g/mol. The van der Waals surface area contributed by atoms with Gasteiger partial charge in [-0.1, -0.05) is 19.1 Å². The molecule has 2 amide bonds. The molecule has 0 bridgehead atoms. The zero-order chi connectivity index (χ0) is 19.9. The van der Waals surface area contributed by atoms with E-state index in [1.165, 1.54) is 0 Å². The molecule has 0 aromatic carbocycles. The Labute approximate surface area is 157 Å². The minimum atomic E-state index is -0.979. The number of rotatable bonds is 15. The molecule has 0 rings (SSSR count). The van der Waals surface area contributed by atoms with Crippen LogP contribution in [0.2, 0.25) is 0 Å². The maximum Gasteiger partial charge on any atom is 0.304 e. The smallest absolute Gasteiger partial charge is 0.304 e. The third kappa shape index (κ3) is 11.4. The second-order valence-electron chi connectivity index (χ2n) is 6.82. The van der Waals surface area contributed by atoms with Gasteiger partial charge in [0.25, 0.3) is 0 Å². The van der Waals surface area contributed by atoms with E-state index in [0.29, 0.717) is 25.9 Å². The van der Waals surface area contributed by atoms with E-state index < -0.39 is 11.9 Å². The van der Waals surface area contributed by atoms with Crippen molar-refractivity contribution >= 4 is 17.8 Å². The summed E-state index contributed by atoms with van der Waals surface area (Å²) in [5.41, 5.74) is 0. The highest BCUT2D eigenvalue weighted by Crippen LogP contribution is 2.14. The van der Waals surface area contributed by atoms with Crippen molar-refractivity contribution in [3.63, 3.8) is 0 Å². The Bertz CT molecular complexity index is 476. The molecule has 0 saturated heterocycles. The van der Waals surface area contributed by atoms with Crippen molar-refractivity contribution in [1.82, 2.24) is 10.2 Å². The average molecular weight is 367 g/mol. The molecule has 0 radical (unpaired) electrons. The van der Waals surface area contributed by atoms with Crippen LogP contribution in [0.3, 0.4) is 0 Å². The zero-order valence-corrected chi connectivity index (χ0v) is 16.2. The van der Waals surface area contributed by atoms with Gasteiger partial charge in [0.1, 0.15) is 0 Å². The first-order valence-corrected chi connectivity index (χ1v) is 9.27. The first-order valence-electron chi connectivity index (χ1n) is 9.27. The highest BCUT2D eigenvalue weighted by Gasteiger charge is 2.22. The van der Waals surface area contributed by atoms with E-state index in [-0.39, 0.29) is 24.2 Å². The molecule has 2 N–H and O–H groups in total. The van der Waals surface area contributed by atoms with Crippen LogP contribution in [0.25, 0.3) is 0 Å². The molecule has 0 aliphatic heterocycles. The SMILES string of the molecule is C=CCCC[C@H](CC(=O)O)C(=O)NC[C@@H](C)CC(=O)N(C)CCCC=C. The number of carboxylic acid groups (broad SMARTS) is 1. The number of nitrogens with one attached hydrogen (secondary N) is 1. The fraction of sp³-hybridized carbons (Fsp3) is 0.650. The summed E-state index contributed by atoms with van der Waals surface area (Å²) < 4.78 is 0. The summed E-state index contributed by atoms with van der Waals surface area (Å²) in [7, 11) is 1.78. The van der Waals surface area contributed by atoms with Crippen LogP contribution >= 0.6 is 0 Å². The number of amides is 2. The van der Waals surface area contributed by atoms with Crippen molar-refractivity contribution in [3.05, 3.63) is 25.3 Å². The Hall–Kier alpha value is -2.11. The summed E-state index contributed by atoms with van der Waals surface area (Å²) >= 11 is 0. The molecule has 26 heavy (non-hydrogen) atoms. The Kier molecular flexibility index (Phi) is 13.0. The molecular formula is C20H34N2O4. The van der Waals surface area contributed by atoms with Crippen LogP contribution in [0.1, 0.15) is 51.9 Å². The Morgan fingerprint density at radius 1 is 1.12 bits per heavy atom. The van der Waals surface area contributed by atoms with E-state index in [2.05, 4.69) is 18.5 Å². The van der Waals surface area contributed by atoms with Gasteiger partial charge in [-0.3, -0.25) is 14.4 Å². The van der Waals surface area contributed by atoms with Gasteiger partial charge < -0.3 is 15.3 Å². The van der Waals surface area contributed by atoms with Crippen molar-refractivity contribution in [2.45, 2.75) is 51.9 Å². The van der Waals surface area contributed by atoms with Crippen molar-refractivity contribution in [3.8, 4) is 0 Å². The Morgan fingerprint density at radius 2 is 1.73 bits per heavy atom. The number of allylic oxidation sites excluding steroid dienone is 2. The van der Waals surface area contributed by atoms with Gasteiger partial charge in [-0.25, -0.2) is 0 Å². The molecule has 0 heterocycles. The lowest BCUT2D eigenvalue weighted by molar-refractivity contribution is -0.141. The van der Waals surface area contributed by atoms with Gasteiger partial charge in [-0.15, -0.1) is 13.2 Å². The maximum atomic E-state index is 12.3. The van der Waals surface area contributed by atoms with E-state index >= 15 is 0 Å². The number of hydrogen-bond donors (Lipinski definition) is 2. The summed E-state index contributed by atoms with van der Waals surface area (Å²) in [5.74, 6) is -1.74. The molecule has 6 nitrogen and oxygen atoms in total. The first-order chi connectivity index (χ1) is 12.3. The van der Waals surface area contributed by atoms with Gasteiger partial charge in [0, 0.05) is 32.5 Å². The monoisotopic (exact) mass is 366 g/mol. The fourth-order valence-electron chi connectivity index (χ4n) is 2.59. The molecule has 0 saturated carbocycles. The predicted molar refractivity (Wildman–Crippen MR) is 104 cm³/mol. The van der Waals surface area contributed by atoms with Gasteiger partial charge in [0.15, 0.2) is 0 Å². The third-order valence-corrected chi connectivity index (χ3v) is 4.23. The van der Waals surface area contributed by atoms with Crippen molar-refractivity contribution < 1.29 is 19.5 Å². The molecule has 148 valence electrons. The Morgan fingerprint density at radius 3 is 2.31 bits per heavy atom. The summed E-state index contributed by atoms with van der Waals surface area (Å²) in [6.45, 7) is 10.2. The zero-order valence-electron chi connectivity index (χ0n) is 16.2. The topological polar surface area (TPSA) is 86.7 Å². The second kappa shape index (κ2) is 14.1. The number of nitrogens with zero attached hydrogens (tertiary/aromatic N) is 1. The van der Waals surface area contributed by atoms with Crippen LogP contribution < -0.4 is 5.32 Å². The summed E-state index contributed by atoms with van der Waals surface area (Å²) in [6, 6.07) is 0. The third-order valence-electron chi connectivity index (χ3n) is 4.23. The van der Waals surface area contributed by atoms with Crippen LogP contribution in [0, 0.1) is 11.8 Å². The quantitative estimate of drug-likeness (QED) is 0.344. The van der Waals surface area contributed by atoms with Crippen LogP contribution in [0.5, 0.6) is 0 Å². The number of carbonyl (C=O) groups is 3. The Balaban J connectivity index is 4.33. The van der Waals surface area contributed by atoms with E-state index in [0.717, 1.165) is 25.7 Å². The number of carboxylic acids is 1. The largest absolute Gasteiger partial charge is 0.481 e. The minimum absolute atomic E-state index is 0.00745. The predicted octanol–water partition coefficient (Wildman–Crippen LogP) is 3.00. The molecule has 0 aromatic heterocycles. The standard InChI is InChI=1S/C20H34N2O4/c1-5-7-9-11-17(14-19(24)25)20(26)21-15-16(3)13-18(23)22(4)12-10-8-6-2/h5-6,16-17H,1-2,7-15H2,3-4H3,(H,21,26)(H,24,25)/t16-,17+/m0/s1. The van der Waals surface area contributed by atoms with Gasteiger partial charge in [-0.2, -0.15) is 0 Å². The highest BCUT2D eigenvalue weighted by atomic mass is 16.4. The number of unbranched alkanes of at least 4 members (excludes halogenated alkanes) is 2. The fourth-order valence-corrected chi connectivity index (χ4v) is 2.59. The maximum absolute atomic E-state index is 12.3. The molecule has 0 aromatic rings. The summed E-state index contributed by atoms with van der Waals surface area (Å²) in [6.07, 6.45) is 7.54. The highest BCUT2D eigenvalue weighted by molar-refractivity contribution is 5.83. The van der Waals surface area contributed by atoms with E-state index in [1.54, 1.807) is 18.0 Å². The molecule has 0 unspecified atom stereocenters. The molecule has 6 heteroatoms.